The smallest absolute Gasteiger partial charge is 0.196 e. The van der Waals surface area contributed by atoms with E-state index in [4.69, 9.17) is 18.9 Å². The first-order valence-corrected chi connectivity index (χ1v) is 8.28. The molecule has 0 aliphatic carbocycles. The quantitative estimate of drug-likeness (QED) is 0.777. The number of fused-ring (bicyclic) bond motifs is 1. The van der Waals surface area contributed by atoms with Gasteiger partial charge >= 0.3 is 0 Å². The summed E-state index contributed by atoms with van der Waals surface area (Å²) in [6.45, 7) is 4.07. The van der Waals surface area contributed by atoms with Crippen LogP contribution in [-0.2, 0) is 0 Å². The van der Waals surface area contributed by atoms with Gasteiger partial charge in [-0.1, -0.05) is 12.1 Å². The van der Waals surface area contributed by atoms with E-state index in [2.05, 4.69) is 0 Å². The van der Waals surface area contributed by atoms with Crippen LogP contribution in [0.3, 0.4) is 0 Å². The van der Waals surface area contributed by atoms with Gasteiger partial charge in [-0.25, -0.2) is 0 Å². The minimum Gasteiger partial charge on any atom is -0.496 e. The maximum Gasteiger partial charge on any atom is 0.196 e. The minimum absolute atomic E-state index is 0.0238. The molecule has 1 aliphatic rings. The Labute approximate surface area is 153 Å². The van der Waals surface area contributed by atoms with Crippen molar-refractivity contribution in [3.8, 4) is 23.0 Å². The zero-order valence-corrected chi connectivity index (χ0v) is 15.6. The number of hydrogen-bond acceptors (Lipinski definition) is 5. The molecule has 0 aromatic heterocycles. The van der Waals surface area contributed by atoms with Crippen molar-refractivity contribution >= 4 is 11.9 Å². The average Bonchev–Trinajstić information content (AvgIpc) is 2.65. The Hall–Kier alpha value is -2.95. The van der Waals surface area contributed by atoms with Gasteiger partial charge in [-0.15, -0.1) is 0 Å². The number of benzene rings is 2. The summed E-state index contributed by atoms with van der Waals surface area (Å²) < 4.78 is 22.0. The summed E-state index contributed by atoms with van der Waals surface area (Å²) in [5.74, 6) is 2.37. The van der Waals surface area contributed by atoms with Crippen molar-refractivity contribution in [1.82, 2.24) is 0 Å². The van der Waals surface area contributed by atoms with Crippen molar-refractivity contribution in [2.75, 3.05) is 27.9 Å². The number of rotatable bonds is 4. The molecule has 136 valence electrons. The third kappa shape index (κ3) is 3.01. The average molecular weight is 354 g/mol. The summed E-state index contributed by atoms with van der Waals surface area (Å²) in [5.41, 5.74) is 3.78. The minimum atomic E-state index is -0.0238. The maximum atomic E-state index is 13.0. The normalized spacial score (nSPS) is 14.7. The van der Waals surface area contributed by atoms with Gasteiger partial charge < -0.3 is 18.9 Å². The molecule has 3 rings (SSSR count). The van der Waals surface area contributed by atoms with Gasteiger partial charge in [0.2, 0.25) is 0 Å². The molecule has 5 nitrogen and oxygen atoms in total. The third-order valence-electron chi connectivity index (χ3n) is 4.52. The van der Waals surface area contributed by atoms with Crippen LogP contribution in [0.25, 0.3) is 6.08 Å². The van der Waals surface area contributed by atoms with E-state index >= 15 is 0 Å². The van der Waals surface area contributed by atoms with Crippen molar-refractivity contribution in [1.29, 1.82) is 0 Å². The molecule has 0 N–H and O–H groups in total. The van der Waals surface area contributed by atoms with Gasteiger partial charge in [0.1, 0.15) is 18.1 Å². The molecule has 0 saturated heterocycles. The Morgan fingerprint density at radius 2 is 1.54 bits per heavy atom. The zero-order chi connectivity index (χ0) is 18.8. The van der Waals surface area contributed by atoms with Crippen LogP contribution in [0.5, 0.6) is 23.0 Å². The Morgan fingerprint density at radius 3 is 2.19 bits per heavy atom. The van der Waals surface area contributed by atoms with Gasteiger partial charge in [0.15, 0.2) is 17.3 Å². The molecule has 0 atom stereocenters. The van der Waals surface area contributed by atoms with E-state index in [0.29, 0.717) is 34.1 Å². The lowest BCUT2D eigenvalue weighted by atomic mass is 9.93. The van der Waals surface area contributed by atoms with Crippen LogP contribution in [0.4, 0.5) is 0 Å². The number of Topliss-reactive ketones (excluding diaryl/α,β-unsaturated/α-hetero) is 1. The molecule has 2 aromatic carbocycles. The highest BCUT2D eigenvalue weighted by atomic mass is 16.5. The monoisotopic (exact) mass is 354 g/mol. The molecule has 2 aromatic rings. The van der Waals surface area contributed by atoms with Gasteiger partial charge in [0.05, 0.1) is 26.9 Å². The number of carbonyl (C=O) groups excluding carboxylic acids is 1. The Morgan fingerprint density at radius 1 is 0.923 bits per heavy atom. The highest BCUT2D eigenvalue weighted by molar-refractivity contribution is 6.15. The third-order valence-corrected chi connectivity index (χ3v) is 4.52. The first-order valence-electron chi connectivity index (χ1n) is 8.28. The van der Waals surface area contributed by atoms with E-state index in [-0.39, 0.29) is 12.4 Å². The number of hydrogen-bond donors (Lipinski definition) is 0. The van der Waals surface area contributed by atoms with Crippen LogP contribution in [0.2, 0.25) is 0 Å². The fourth-order valence-electron chi connectivity index (χ4n) is 3.09. The number of methoxy groups -OCH3 is 3. The first kappa shape index (κ1) is 17.9. The lowest BCUT2D eigenvalue weighted by Gasteiger charge is -2.22. The predicted molar refractivity (Wildman–Crippen MR) is 99.8 cm³/mol. The number of carbonyl (C=O) groups is 1. The summed E-state index contributed by atoms with van der Waals surface area (Å²) in [4.78, 5) is 13.0. The lowest BCUT2D eigenvalue weighted by molar-refractivity contribution is 0.0999. The first-order chi connectivity index (χ1) is 12.5. The zero-order valence-electron chi connectivity index (χ0n) is 15.6. The van der Waals surface area contributed by atoms with E-state index in [1.165, 1.54) is 0 Å². The molecule has 1 heterocycles. The van der Waals surface area contributed by atoms with Crippen molar-refractivity contribution < 1.29 is 23.7 Å². The second kappa shape index (κ2) is 7.12. The van der Waals surface area contributed by atoms with Gasteiger partial charge in [0.25, 0.3) is 0 Å². The van der Waals surface area contributed by atoms with Crippen LogP contribution in [-0.4, -0.2) is 33.7 Å². The summed E-state index contributed by atoms with van der Waals surface area (Å²) in [7, 11) is 4.71. The molecule has 5 heteroatoms. The molecular formula is C21H22O5. The van der Waals surface area contributed by atoms with Crippen LogP contribution in [0.15, 0.2) is 29.8 Å². The standard InChI is InChI=1S/C21H22O5/c1-12-6-7-13(2)21-19(12)20(22)15(11-26-21)8-14-9-17(24-4)18(25-5)10-16(14)23-3/h6-10H,11H2,1-5H3/b15-8+. The Balaban J connectivity index is 2.09. The molecule has 0 radical (unpaired) electrons. The molecule has 0 fully saturated rings. The number of aryl methyl sites for hydroxylation is 2. The molecule has 0 unspecified atom stereocenters. The topological polar surface area (TPSA) is 54.0 Å². The Bertz CT molecular complexity index is 896. The largest absolute Gasteiger partial charge is 0.496 e. The van der Waals surface area contributed by atoms with E-state index in [1.54, 1.807) is 39.5 Å². The Kier molecular flexibility index (Phi) is 4.89. The highest BCUT2D eigenvalue weighted by Crippen LogP contribution is 2.38. The summed E-state index contributed by atoms with van der Waals surface area (Å²) in [6.07, 6.45) is 1.79. The predicted octanol–water partition coefficient (Wildman–Crippen LogP) is 3.99. The summed E-state index contributed by atoms with van der Waals surface area (Å²) in [6, 6.07) is 7.43. The second-order valence-electron chi connectivity index (χ2n) is 6.14. The molecule has 0 saturated carbocycles. The molecule has 1 aliphatic heterocycles. The van der Waals surface area contributed by atoms with Gasteiger partial charge in [-0.05, 0) is 37.1 Å². The molecule has 0 amide bonds. The van der Waals surface area contributed by atoms with E-state index in [0.717, 1.165) is 16.7 Å². The van der Waals surface area contributed by atoms with Crippen molar-refractivity contribution in [3.05, 3.63) is 52.1 Å². The van der Waals surface area contributed by atoms with E-state index < -0.39 is 0 Å². The van der Waals surface area contributed by atoms with E-state index in [9.17, 15) is 4.79 Å². The summed E-state index contributed by atoms with van der Waals surface area (Å²) >= 11 is 0. The second-order valence-corrected chi connectivity index (χ2v) is 6.14. The molecule has 26 heavy (non-hydrogen) atoms. The van der Waals surface area contributed by atoms with Crippen molar-refractivity contribution in [2.24, 2.45) is 0 Å². The van der Waals surface area contributed by atoms with Crippen LogP contribution < -0.4 is 18.9 Å². The fourth-order valence-corrected chi connectivity index (χ4v) is 3.09. The van der Waals surface area contributed by atoms with Crippen LogP contribution in [0.1, 0.15) is 27.0 Å². The molecule has 0 bridgehead atoms. The lowest BCUT2D eigenvalue weighted by Crippen LogP contribution is -2.21. The van der Waals surface area contributed by atoms with Crippen molar-refractivity contribution in [2.45, 2.75) is 13.8 Å². The summed E-state index contributed by atoms with van der Waals surface area (Å²) in [5, 5.41) is 0. The number of ether oxygens (including phenoxy) is 4. The van der Waals surface area contributed by atoms with Gasteiger partial charge in [0, 0.05) is 17.2 Å². The van der Waals surface area contributed by atoms with E-state index in [1.807, 2.05) is 26.0 Å². The molecular weight excluding hydrogens is 332 g/mol. The van der Waals surface area contributed by atoms with Crippen LogP contribution in [0, 0.1) is 13.8 Å². The fraction of sp³-hybridized carbons (Fsp3) is 0.286. The SMILES string of the molecule is COc1cc(OC)c(OC)cc1/C=C1\COc2c(C)ccc(C)c2C1=O. The molecule has 0 spiro atoms. The van der Waals surface area contributed by atoms with Gasteiger partial charge in [-0.3, -0.25) is 4.79 Å². The van der Waals surface area contributed by atoms with Gasteiger partial charge in [-0.2, -0.15) is 0 Å². The number of ketones is 1. The maximum absolute atomic E-state index is 13.0. The van der Waals surface area contributed by atoms with Crippen molar-refractivity contribution in [3.63, 3.8) is 0 Å². The van der Waals surface area contributed by atoms with Crippen LogP contribution >= 0.6 is 0 Å². The highest BCUT2D eigenvalue weighted by Gasteiger charge is 2.27.